The molecule has 8 nitrogen and oxygen atoms in total. The van der Waals surface area contributed by atoms with Gasteiger partial charge in [0.15, 0.2) is 0 Å². The molecule has 2 fully saturated rings. The zero-order valence-electron chi connectivity index (χ0n) is 23.7. The standard InChI is InChI=1S/C15H23BO5.C15H25BO3/c16-14(19)8-7-11-10(12(17)9-13(11)18)5-3-1-2-4-6-15(20)21;1-2-3-4-5-6-7-11-12(8-9-15(16)19)14(18)10-13(11)17/h1,3,7-8,10-14,17-19H,2,4-6,9H2,(H,20,21);5-6,8-9,11-15,17-19H,2-4,7,10H2,1H3/b3-1-,8-7?;6-5-,9-8?/t10-,11-,12+,13-,14?;11-,12-,13+,14-,15?/m11/s1. The highest BCUT2D eigenvalue weighted by Gasteiger charge is 2.40. The summed E-state index contributed by atoms with van der Waals surface area (Å²) in [6.07, 6.45) is 18.9. The minimum atomic E-state index is -1.07. The first-order chi connectivity index (χ1) is 19.0. The molecule has 2 unspecified atom stereocenters. The number of aliphatic hydroxyl groups excluding tert-OH is 6. The van der Waals surface area contributed by atoms with Crippen LogP contribution in [0.25, 0.3) is 0 Å². The highest BCUT2D eigenvalue weighted by molar-refractivity contribution is 6.12. The largest absolute Gasteiger partial charge is 0.481 e. The lowest BCUT2D eigenvalue weighted by Gasteiger charge is -2.19. The summed E-state index contributed by atoms with van der Waals surface area (Å²) in [5.41, 5.74) is 0. The van der Waals surface area contributed by atoms with Crippen LogP contribution in [0.15, 0.2) is 48.6 Å². The number of unbranched alkanes of at least 4 members (excludes halogenated alkanes) is 3. The monoisotopic (exact) mass is 558 g/mol. The van der Waals surface area contributed by atoms with Gasteiger partial charge in [-0.3, -0.25) is 4.79 Å². The fraction of sp³-hybridized carbons (Fsp3) is 0.700. The highest BCUT2D eigenvalue weighted by Crippen LogP contribution is 2.37. The third-order valence-corrected chi connectivity index (χ3v) is 7.53. The van der Waals surface area contributed by atoms with E-state index in [0.29, 0.717) is 32.1 Å². The van der Waals surface area contributed by atoms with Crippen LogP contribution in [-0.2, 0) is 4.79 Å². The summed E-state index contributed by atoms with van der Waals surface area (Å²) in [5, 5.41) is 66.4. The van der Waals surface area contributed by atoms with Crippen LogP contribution in [0.3, 0.4) is 0 Å². The Hall–Kier alpha value is -1.68. The van der Waals surface area contributed by atoms with Crippen LogP contribution in [0.4, 0.5) is 0 Å². The number of hydrogen-bond acceptors (Lipinski definition) is 7. The summed E-state index contributed by atoms with van der Waals surface area (Å²) in [5.74, 6) is -1.29. The average Bonchev–Trinajstić information content (AvgIpc) is 3.30. The summed E-state index contributed by atoms with van der Waals surface area (Å²) in [6.45, 7) is 2.16. The maximum atomic E-state index is 10.4. The molecule has 7 N–H and O–H groups in total. The second kappa shape index (κ2) is 20.2. The van der Waals surface area contributed by atoms with Crippen LogP contribution in [0.2, 0.25) is 0 Å². The van der Waals surface area contributed by atoms with Crippen LogP contribution in [0.1, 0.15) is 71.1 Å². The van der Waals surface area contributed by atoms with Gasteiger partial charge in [0.1, 0.15) is 15.7 Å². The van der Waals surface area contributed by atoms with Crippen molar-refractivity contribution in [3.63, 3.8) is 0 Å². The van der Waals surface area contributed by atoms with Crippen molar-refractivity contribution in [3.05, 3.63) is 48.6 Å². The van der Waals surface area contributed by atoms with Crippen LogP contribution in [-0.4, -0.2) is 93.8 Å². The topological polar surface area (TPSA) is 159 Å². The molecular weight excluding hydrogens is 510 g/mol. The maximum Gasteiger partial charge on any atom is 0.303 e. The Bertz CT molecular complexity index is 814. The molecule has 0 bridgehead atoms. The van der Waals surface area contributed by atoms with Gasteiger partial charge in [-0.05, 0) is 43.9 Å². The lowest BCUT2D eigenvalue weighted by Crippen LogP contribution is -2.20. The molecule has 2 saturated carbocycles. The number of carbonyl (C=O) groups is 1. The molecule has 222 valence electrons. The number of allylic oxidation sites excluding steroid dienone is 4. The summed E-state index contributed by atoms with van der Waals surface area (Å²) in [7, 11) is 10.5. The van der Waals surface area contributed by atoms with E-state index in [1.54, 1.807) is 12.2 Å². The SMILES string of the molecule is [B]C(O)C=C[C@@H]1[C@@H](C/C=C\CCCC(=O)O)[C@@H](O)C[C@H]1O.[B]C(O)C=C[C@@H]1[C@@H](C/C=C\CCCC)[C@@H](O)C[C@H]1O. The highest BCUT2D eigenvalue weighted by atomic mass is 16.4. The van der Waals surface area contributed by atoms with Crippen molar-refractivity contribution in [2.75, 3.05) is 0 Å². The molecule has 2 rings (SSSR count). The molecule has 0 aromatic heterocycles. The molecule has 0 aromatic rings. The molecule has 10 atom stereocenters. The molecule has 2 aliphatic carbocycles. The number of carboxylic acids is 1. The fourth-order valence-corrected chi connectivity index (χ4v) is 5.33. The van der Waals surface area contributed by atoms with E-state index < -0.39 is 42.4 Å². The maximum absolute atomic E-state index is 10.4. The van der Waals surface area contributed by atoms with Crippen molar-refractivity contribution < 1.29 is 40.5 Å². The molecule has 40 heavy (non-hydrogen) atoms. The Balaban J connectivity index is 0.000000402. The van der Waals surface area contributed by atoms with Gasteiger partial charge in [0.05, 0.1) is 24.4 Å². The predicted octanol–water partition coefficient (Wildman–Crippen LogP) is 2.11. The van der Waals surface area contributed by atoms with Gasteiger partial charge in [-0.1, -0.05) is 68.4 Å². The quantitative estimate of drug-likeness (QED) is 0.0915. The normalized spacial score (nSPS) is 32.3. The summed E-state index contributed by atoms with van der Waals surface area (Å²) in [4.78, 5) is 10.4. The first-order valence-electron chi connectivity index (χ1n) is 14.5. The van der Waals surface area contributed by atoms with Crippen LogP contribution in [0, 0.1) is 23.7 Å². The Morgan fingerprint density at radius 2 is 1.18 bits per heavy atom. The molecule has 0 saturated heterocycles. The molecule has 2 aliphatic rings. The molecule has 0 heterocycles. The first-order valence-corrected chi connectivity index (χ1v) is 14.5. The average molecular weight is 558 g/mol. The van der Waals surface area contributed by atoms with E-state index in [-0.39, 0.29) is 30.1 Å². The van der Waals surface area contributed by atoms with Gasteiger partial charge in [0.25, 0.3) is 0 Å². The van der Waals surface area contributed by atoms with Gasteiger partial charge in [-0.2, -0.15) is 0 Å². The molecule has 0 amide bonds. The van der Waals surface area contributed by atoms with Gasteiger partial charge < -0.3 is 35.7 Å². The number of hydrogen-bond donors (Lipinski definition) is 7. The number of aliphatic hydroxyl groups is 6. The third kappa shape index (κ3) is 14.3. The van der Waals surface area contributed by atoms with Crippen molar-refractivity contribution in [3.8, 4) is 0 Å². The number of rotatable bonds is 15. The van der Waals surface area contributed by atoms with Gasteiger partial charge in [0, 0.05) is 43.1 Å². The van der Waals surface area contributed by atoms with Crippen LogP contribution >= 0.6 is 0 Å². The molecule has 4 radical (unpaired) electrons. The Kier molecular flexibility index (Phi) is 18.4. The van der Waals surface area contributed by atoms with Gasteiger partial charge in [-0.15, -0.1) is 0 Å². The van der Waals surface area contributed by atoms with E-state index in [0.717, 1.165) is 12.8 Å². The van der Waals surface area contributed by atoms with Gasteiger partial charge in [-0.25, -0.2) is 0 Å². The van der Waals surface area contributed by atoms with E-state index >= 15 is 0 Å². The lowest BCUT2D eigenvalue weighted by molar-refractivity contribution is -0.137. The minimum absolute atomic E-state index is 0.00266. The van der Waals surface area contributed by atoms with Gasteiger partial charge in [0.2, 0.25) is 0 Å². The van der Waals surface area contributed by atoms with E-state index in [9.17, 15) is 25.2 Å². The zero-order valence-corrected chi connectivity index (χ0v) is 23.7. The second-order valence-electron chi connectivity index (χ2n) is 10.8. The van der Waals surface area contributed by atoms with Crippen molar-refractivity contribution >= 4 is 21.7 Å². The molecule has 0 spiro atoms. The third-order valence-electron chi connectivity index (χ3n) is 7.53. The smallest absolute Gasteiger partial charge is 0.303 e. The van der Waals surface area contributed by atoms with E-state index in [4.69, 9.17) is 31.0 Å². The molecule has 10 heteroatoms. The fourth-order valence-electron chi connectivity index (χ4n) is 5.33. The zero-order chi connectivity index (χ0) is 30.1. The lowest BCUT2D eigenvalue weighted by atomic mass is 9.88. The number of carboxylic acid groups (broad SMARTS) is 1. The Morgan fingerprint density at radius 1 is 0.750 bits per heavy atom. The molecule has 0 aliphatic heterocycles. The van der Waals surface area contributed by atoms with Crippen molar-refractivity contribution in [2.45, 2.75) is 108 Å². The van der Waals surface area contributed by atoms with Crippen LogP contribution < -0.4 is 0 Å². The Morgan fingerprint density at radius 3 is 1.55 bits per heavy atom. The molecule has 0 aromatic carbocycles. The first kappa shape index (κ1) is 36.3. The van der Waals surface area contributed by atoms with E-state index in [1.807, 2.05) is 12.2 Å². The predicted molar refractivity (Wildman–Crippen MR) is 158 cm³/mol. The van der Waals surface area contributed by atoms with Crippen LogP contribution in [0.5, 0.6) is 0 Å². The summed E-state index contributed by atoms with van der Waals surface area (Å²) >= 11 is 0. The van der Waals surface area contributed by atoms with E-state index in [2.05, 4.69) is 19.1 Å². The second-order valence-corrected chi connectivity index (χ2v) is 10.8. The number of aliphatic carboxylic acids is 1. The van der Waals surface area contributed by atoms with Crippen molar-refractivity contribution in [2.24, 2.45) is 23.7 Å². The Labute approximate surface area is 242 Å². The van der Waals surface area contributed by atoms with Gasteiger partial charge >= 0.3 is 5.97 Å². The molecular formula is C30H48B2O8. The van der Waals surface area contributed by atoms with Crippen molar-refractivity contribution in [1.82, 2.24) is 0 Å². The summed E-state index contributed by atoms with van der Waals surface area (Å²) < 4.78 is 0. The minimum Gasteiger partial charge on any atom is -0.481 e. The summed E-state index contributed by atoms with van der Waals surface area (Å²) in [6, 6.07) is -2.08. The van der Waals surface area contributed by atoms with E-state index in [1.165, 1.54) is 25.0 Å². The van der Waals surface area contributed by atoms with Crippen molar-refractivity contribution in [1.29, 1.82) is 0 Å².